The fourth-order valence-corrected chi connectivity index (χ4v) is 2.08. The molecule has 1 aliphatic heterocycles. The minimum absolute atomic E-state index is 0.837. The van der Waals surface area contributed by atoms with Gasteiger partial charge in [-0.15, -0.1) is 0 Å². The molecule has 17 heavy (non-hydrogen) atoms. The van der Waals surface area contributed by atoms with Crippen molar-refractivity contribution in [1.29, 1.82) is 0 Å². The van der Waals surface area contributed by atoms with Crippen LogP contribution in [0.15, 0.2) is 29.0 Å². The van der Waals surface area contributed by atoms with Crippen LogP contribution >= 0.6 is 0 Å². The van der Waals surface area contributed by atoms with E-state index in [0.29, 0.717) is 0 Å². The topological polar surface area (TPSA) is 57.1 Å². The summed E-state index contributed by atoms with van der Waals surface area (Å²) in [4.78, 5) is 10.1. The summed E-state index contributed by atoms with van der Waals surface area (Å²) in [7, 11) is 0. The van der Waals surface area contributed by atoms with Crippen molar-refractivity contribution in [2.45, 2.75) is 6.54 Å². The van der Waals surface area contributed by atoms with Crippen molar-refractivity contribution in [1.82, 2.24) is 20.2 Å². The van der Waals surface area contributed by atoms with Crippen LogP contribution in [0.2, 0.25) is 0 Å². The largest absolute Gasteiger partial charge is 0.463 e. The maximum Gasteiger partial charge on any atom is 0.151 e. The van der Waals surface area contributed by atoms with Crippen LogP contribution in [-0.4, -0.2) is 41.0 Å². The molecule has 2 aromatic heterocycles. The van der Waals surface area contributed by atoms with Crippen molar-refractivity contribution in [3.05, 3.63) is 30.4 Å². The molecule has 0 radical (unpaired) electrons. The minimum atomic E-state index is 0.837. The van der Waals surface area contributed by atoms with Gasteiger partial charge in [0, 0.05) is 26.2 Å². The quantitative estimate of drug-likeness (QED) is 0.831. The molecule has 0 aliphatic carbocycles. The summed E-state index contributed by atoms with van der Waals surface area (Å²) in [6.45, 7) is 5.16. The van der Waals surface area contributed by atoms with Crippen LogP contribution in [0.3, 0.4) is 0 Å². The average molecular weight is 232 g/mol. The molecule has 0 aromatic carbocycles. The fraction of sp³-hybridized carbons (Fsp3) is 0.417. The van der Waals surface area contributed by atoms with Crippen LogP contribution in [0.25, 0.3) is 11.5 Å². The van der Waals surface area contributed by atoms with Crippen molar-refractivity contribution in [2.75, 3.05) is 26.2 Å². The Labute approximate surface area is 99.8 Å². The van der Waals surface area contributed by atoms with Gasteiger partial charge in [0.2, 0.25) is 0 Å². The van der Waals surface area contributed by atoms with Crippen molar-refractivity contribution >= 4 is 0 Å². The number of aromatic nitrogens is 2. The van der Waals surface area contributed by atoms with E-state index in [1.807, 2.05) is 18.3 Å². The van der Waals surface area contributed by atoms with Gasteiger partial charge < -0.3 is 14.7 Å². The van der Waals surface area contributed by atoms with Crippen molar-refractivity contribution in [2.24, 2.45) is 0 Å². The molecule has 1 fully saturated rings. The molecule has 90 valence electrons. The van der Waals surface area contributed by atoms with Gasteiger partial charge in [0.15, 0.2) is 5.76 Å². The lowest BCUT2D eigenvalue weighted by molar-refractivity contribution is 0.228. The normalized spacial score (nSPS) is 17.4. The average Bonchev–Trinajstić information content (AvgIpc) is 3.00. The Bertz CT molecular complexity index is 457. The number of nitrogens with zero attached hydrogens (tertiary/aromatic N) is 2. The zero-order chi connectivity index (χ0) is 11.5. The van der Waals surface area contributed by atoms with Gasteiger partial charge in [0.05, 0.1) is 19.0 Å². The molecular formula is C12H16N4O. The second-order valence-electron chi connectivity index (χ2n) is 4.25. The fourth-order valence-electron chi connectivity index (χ4n) is 2.08. The van der Waals surface area contributed by atoms with E-state index in [1.54, 1.807) is 6.26 Å². The highest BCUT2D eigenvalue weighted by Gasteiger charge is 2.12. The van der Waals surface area contributed by atoms with Crippen LogP contribution in [0.4, 0.5) is 0 Å². The van der Waals surface area contributed by atoms with Crippen LogP contribution in [0.5, 0.6) is 0 Å². The van der Waals surface area contributed by atoms with Crippen molar-refractivity contribution in [3.8, 4) is 11.5 Å². The van der Waals surface area contributed by atoms with E-state index in [2.05, 4.69) is 20.2 Å². The van der Waals surface area contributed by atoms with Crippen molar-refractivity contribution < 1.29 is 4.42 Å². The van der Waals surface area contributed by atoms with E-state index < -0.39 is 0 Å². The van der Waals surface area contributed by atoms with Gasteiger partial charge in [-0.1, -0.05) is 0 Å². The molecule has 0 saturated carbocycles. The van der Waals surface area contributed by atoms with Crippen LogP contribution < -0.4 is 5.32 Å². The minimum Gasteiger partial charge on any atom is -0.463 e. The number of H-pyrrole nitrogens is 1. The first-order valence-corrected chi connectivity index (χ1v) is 5.92. The van der Waals surface area contributed by atoms with Gasteiger partial charge in [0.1, 0.15) is 11.5 Å². The number of nitrogens with one attached hydrogen (secondary N) is 2. The Morgan fingerprint density at radius 3 is 3.00 bits per heavy atom. The first-order chi connectivity index (χ1) is 8.42. The zero-order valence-corrected chi connectivity index (χ0v) is 9.65. The van der Waals surface area contributed by atoms with E-state index in [4.69, 9.17) is 4.42 Å². The predicted molar refractivity (Wildman–Crippen MR) is 64.4 cm³/mol. The van der Waals surface area contributed by atoms with Gasteiger partial charge in [-0.3, -0.25) is 4.90 Å². The monoisotopic (exact) mass is 232 g/mol. The molecule has 3 heterocycles. The van der Waals surface area contributed by atoms with Gasteiger partial charge in [0.25, 0.3) is 0 Å². The van der Waals surface area contributed by atoms with E-state index in [0.717, 1.165) is 50.0 Å². The smallest absolute Gasteiger partial charge is 0.151 e. The summed E-state index contributed by atoms with van der Waals surface area (Å²) in [5.74, 6) is 1.84. The van der Waals surface area contributed by atoms with Gasteiger partial charge >= 0.3 is 0 Å². The first-order valence-electron chi connectivity index (χ1n) is 5.92. The van der Waals surface area contributed by atoms with Crippen LogP contribution in [0, 0.1) is 0 Å². The Hall–Kier alpha value is -1.59. The molecule has 2 N–H and O–H groups in total. The lowest BCUT2D eigenvalue weighted by atomic mass is 10.3. The Morgan fingerprint density at radius 1 is 1.35 bits per heavy atom. The molecule has 0 spiro atoms. The van der Waals surface area contributed by atoms with Crippen molar-refractivity contribution in [3.63, 3.8) is 0 Å². The molecule has 0 unspecified atom stereocenters. The van der Waals surface area contributed by atoms with Crippen LogP contribution in [0.1, 0.15) is 5.82 Å². The molecule has 3 rings (SSSR count). The van der Waals surface area contributed by atoms with E-state index >= 15 is 0 Å². The Balaban J connectivity index is 1.68. The van der Waals surface area contributed by atoms with Gasteiger partial charge in [-0.25, -0.2) is 4.98 Å². The summed E-state index contributed by atoms with van der Waals surface area (Å²) >= 11 is 0. The molecule has 0 bridgehead atoms. The Morgan fingerprint density at radius 2 is 2.24 bits per heavy atom. The number of furan rings is 1. The summed E-state index contributed by atoms with van der Waals surface area (Å²) < 4.78 is 5.33. The molecule has 5 heteroatoms. The van der Waals surface area contributed by atoms with E-state index in [9.17, 15) is 0 Å². The van der Waals surface area contributed by atoms with Gasteiger partial charge in [-0.05, 0) is 12.1 Å². The lowest BCUT2D eigenvalue weighted by Gasteiger charge is -2.26. The Kier molecular flexibility index (Phi) is 2.94. The summed E-state index contributed by atoms with van der Waals surface area (Å²) in [5, 5.41) is 3.34. The maximum absolute atomic E-state index is 5.33. The standard InChI is InChI=1S/C12H16N4O/c1-2-11(17-7-1)10-8-14-12(15-10)9-16-5-3-13-4-6-16/h1-2,7-8,13H,3-6,9H2,(H,14,15). The molecule has 2 aromatic rings. The third-order valence-electron chi connectivity index (χ3n) is 3.00. The highest BCUT2D eigenvalue weighted by atomic mass is 16.3. The predicted octanol–water partition coefficient (Wildman–Crippen LogP) is 1.07. The number of imidazole rings is 1. The molecule has 1 saturated heterocycles. The number of hydrogen-bond acceptors (Lipinski definition) is 4. The number of aromatic amines is 1. The molecule has 5 nitrogen and oxygen atoms in total. The third kappa shape index (κ3) is 2.40. The lowest BCUT2D eigenvalue weighted by Crippen LogP contribution is -2.43. The zero-order valence-electron chi connectivity index (χ0n) is 9.65. The molecule has 1 aliphatic rings. The van der Waals surface area contributed by atoms with Crippen LogP contribution in [-0.2, 0) is 6.54 Å². The molecule has 0 atom stereocenters. The third-order valence-corrected chi connectivity index (χ3v) is 3.00. The second kappa shape index (κ2) is 4.73. The second-order valence-corrected chi connectivity index (χ2v) is 4.25. The first kappa shape index (κ1) is 10.6. The summed E-state index contributed by atoms with van der Waals surface area (Å²) in [6, 6.07) is 3.81. The number of hydrogen-bond donors (Lipinski definition) is 2. The SMILES string of the molecule is c1coc(-c2cnc(CN3CCNCC3)[nH]2)c1. The number of rotatable bonds is 3. The molecule has 0 amide bonds. The van der Waals surface area contributed by atoms with Gasteiger partial charge in [-0.2, -0.15) is 0 Å². The number of piperazine rings is 1. The summed E-state index contributed by atoms with van der Waals surface area (Å²) in [6.07, 6.45) is 3.50. The summed E-state index contributed by atoms with van der Waals surface area (Å²) in [5.41, 5.74) is 0.945. The van der Waals surface area contributed by atoms with E-state index in [-0.39, 0.29) is 0 Å². The van der Waals surface area contributed by atoms with E-state index in [1.165, 1.54) is 0 Å². The highest BCUT2D eigenvalue weighted by Crippen LogP contribution is 2.17. The molecular weight excluding hydrogens is 216 g/mol. The highest BCUT2D eigenvalue weighted by molar-refractivity contribution is 5.50. The maximum atomic E-state index is 5.33.